The maximum atomic E-state index is 12.7. The van der Waals surface area contributed by atoms with Crippen LogP contribution in [-0.2, 0) is 17.5 Å². The number of thioether (sulfide) groups is 1. The number of amides is 1. The van der Waals surface area contributed by atoms with Gasteiger partial charge in [-0.05, 0) is 25.1 Å². The average molecular weight is 398 g/mol. The third kappa shape index (κ3) is 5.06. The van der Waals surface area contributed by atoms with Crippen LogP contribution in [0.5, 0.6) is 0 Å². The van der Waals surface area contributed by atoms with E-state index in [1.54, 1.807) is 6.92 Å². The van der Waals surface area contributed by atoms with Crippen LogP contribution in [0.3, 0.4) is 0 Å². The molecule has 2 aromatic heterocycles. The predicted molar refractivity (Wildman–Crippen MR) is 88.8 cm³/mol. The Hall–Kier alpha value is -2.89. The molecular weight excluding hydrogens is 385 g/mol. The van der Waals surface area contributed by atoms with Crippen LogP contribution in [0, 0.1) is 0 Å². The van der Waals surface area contributed by atoms with Crippen LogP contribution < -0.4 is 5.32 Å². The quantitative estimate of drug-likeness (QED) is 0.638. The molecule has 142 valence electrons. The second kappa shape index (κ2) is 7.78. The van der Waals surface area contributed by atoms with Crippen LogP contribution in [0.1, 0.15) is 18.4 Å². The van der Waals surface area contributed by atoms with E-state index in [1.165, 1.54) is 29.5 Å². The first-order valence-corrected chi connectivity index (χ1v) is 8.49. The van der Waals surface area contributed by atoms with Crippen molar-refractivity contribution in [2.24, 2.45) is 0 Å². The van der Waals surface area contributed by atoms with E-state index in [0.717, 1.165) is 23.9 Å². The maximum absolute atomic E-state index is 12.7. The highest BCUT2D eigenvalue weighted by Gasteiger charge is 2.30. The van der Waals surface area contributed by atoms with Crippen molar-refractivity contribution in [3.05, 3.63) is 48.4 Å². The highest BCUT2D eigenvalue weighted by atomic mass is 32.2. The Morgan fingerprint density at radius 1 is 1.37 bits per heavy atom. The molecule has 12 heteroatoms. The Morgan fingerprint density at radius 3 is 2.89 bits per heavy atom. The van der Waals surface area contributed by atoms with Gasteiger partial charge in [0.25, 0.3) is 5.22 Å². The van der Waals surface area contributed by atoms with Gasteiger partial charge in [-0.1, -0.05) is 17.8 Å². The van der Waals surface area contributed by atoms with Crippen LogP contribution in [0.2, 0.25) is 0 Å². The number of hydrogen-bond donors (Lipinski definition) is 1. The summed E-state index contributed by atoms with van der Waals surface area (Å²) in [6, 6.07) is 4.42. The highest BCUT2D eigenvalue weighted by Crippen LogP contribution is 2.31. The lowest BCUT2D eigenvalue weighted by molar-refractivity contribution is -0.137. The van der Waals surface area contributed by atoms with Crippen molar-refractivity contribution in [1.82, 2.24) is 25.0 Å². The third-order valence-corrected chi connectivity index (χ3v) is 4.25. The lowest BCUT2D eigenvalue weighted by atomic mass is 10.2. The molecule has 8 nitrogen and oxygen atoms in total. The number of carbonyl (C=O) groups is 1. The fraction of sp³-hybridized carbons (Fsp3) is 0.267. The molecule has 3 rings (SSSR count). The molecule has 0 aliphatic carbocycles. The number of carbonyl (C=O) groups excluding carboxylic acids is 1. The molecule has 0 aliphatic heterocycles. The second-order valence-corrected chi connectivity index (χ2v) is 6.67. The molecular formula is C15H13F3N6O2S. The maximum Gasteiger partial charge on any atom is 0.416 e. The van der Waals surface area contributed by atoms with Gasteiger partial charge < -0.3 is 9.73 Å². The van der Waals surface area contributed by atoms with E-state index >= 15 is 0 Å². The predicted octanol–water partition coefficient (Wildman–Crippen LogP) is 2.85. The Bertz CT molecular complexity index is 912. The van der Waals surface area contributed by atoms with Crippen molar-refractivity contribution < 1.29 is 22.4 Å². The van der Waals surface area contributed by atoms with Gasteiger partial charge in [0, 0.05) is 5.69 Å². The van der Waals surface area contributed by atoms with Gasteiger partial charge in [0.1, 0.15) is 19.2 Å². The molecule has 1 aromatic carbocycles. The minimum absolute atomic E-state index is 0.0553. The van der Waals surface area contributed by atoms with E-state index in [0.29, 0.717) is 0 Å². The number of alkyl halides is 3. The van der Waals surface area contributed by atoms with Crippen LogP contribution in [0.15, 0.2) is 46.6 Å². The molecule has 0 radical (unpaired) electrons. The van der Waals surface area contributed by atoms with Gasteiger partial charge >= 0.3 is 6.18 Å². The number of halogens is 3. The lowest BCUT2D eigenvalue weighted by Crippen LogP contribution is -2.22. The van der Waals surface area contributed by atoms with E-state index in [-0.39, 0.29) is 23.3 Å². The summed E-state index contributed by atoms with van der Waals surface area (Å²) in [6.45, 7) is 1.81. The average Bonchev–Trinajstić information content (AvgIpc) is 3.27. The van der Waals surface area contributed by atoms with E-state index in [1.807, 2.05) is 0 Å². The van der Waals surface area contributed by atoms with Crippen LogP contribution in [0.25, 0.3) is 0 Å². The Kier molecular flexibility index (Phi) is 5.44. The van der Waals surface area contributed by atoms with Crippen molar-refractivity contribution in [3.8, 4) is 0 Å². The molecule has 0 spiro atoms. The number of aromatic nitrogens is 5. The minimum atomic E-state index is -4.48. The van der Waals surface area contributed by atoms with E-state index < -0.39 is 22.9 Å². The van der Waals surface area contributed by atoms with Gasteiger partial charge in [0.2, 0.25) is 11.8 Å². The molecule has 27 heavy (non-hydrogen) atoms. The summed E-state index contributed by atoms with van der Waals surface area (Å²) in [6.07, 6.45) is -1.63. The molecule has 0 saturated carbocycles. The first-order chi connectivity index (χ1) is 12.8. The third-order valence-electron chi connectivity index (χ3n) is 3.32. The van der Waals surface area contributed by atoms with E-state index in [4.69, 9.17) is 4.42 Å². The second-order valence-electron chi connectivity index (χ2n) is 5.38. The van der Waals surface area contributed by atoms with Crippen LogP contribution >= 0.6 is 11.8 Å². The van der Waals surface area contributed by atoms with Crippen molar-refractivity contribution in [1.29, 1.82) is 0 Å². The SMILES string of the molecule is CC(Sc1nnc(Cn2cncn2)o1)C(=O)Nc1cccc(C(F)(F)F)c1. The van der Waals surface area contributed by atoms with Gasteiger partial charge in [-0.15, -0.1) is 10.2 Å². The summed E-state index contributed by atoms with van der Waals surface area (Å²) < 4.78 is 45.1. The molecule has 1 unspecified atom stereocenters. The molecule has 1 N–H and O–H groups in total. The number of nitrogens with one attached hydrogen (secondary N) is 1. The molecule has 2 heterocycles. The van der Waals surface area contributed by atoms with E-state index in [9.17, 15) is 18.0 Å². The molecule has 1 atom stereocenters. The van der Waals surface area contributed by atoms with Crippen LogP contribution in [-0.4, -0.2) is 36.1 Å². The number of rotatable bonds is 6. The first kappa shape index (κ1) is 18.9. The van der Waals surface area contributed by atoms with Gasteiger partial charge in [0.15, 0.2) is 0 Å². The Balaban J connectivity index is 1.59. The summed E-state index contributed by atoms with van der Waals surface area (Å²) in [7, 11) is 0. The number of hydrogen-bond acceptors (Lipinski definition) is 7. The molecule has 3 aromatic rings. The Morgan fingerprint density at radius 2 is 2.19 bits per heavy atom. The zero-order valence-electron chi connectivity index (χ0n) is 13.8. The van der Waals surface area contributed by atoms with Crippen LogP contribution in [0.4, 0.5) is 18.9 Å². The summed E-state index contributed by atoms with van der Waals surface area (Å²) >= 11 is 0.994. The van der Waals surface area contributed by atoms with Crippen molar-refractivity contribution in [3.63, 3.8) is 0 Å². The zero-order valence-corrected chi connectivity index (χ0v) is 14.7. The fourth-order valence-corrected chi connectivity index (χ4v) is 2.73. The number of nitrogens with zero attached hydrogens (tertiary/aromatic N) is 5. The Labute approximate surface area is 155 Å². The van der Waals surface area contributed by atoms with Gasteiger partial charge in [-0.3, -0.25) is 4.79 Å². The summed E-state index contributed by atoms with van der Waals surface area (Å²) in [5, 5.41) is 13.5. The number of benzene rings is 1. The molecule has 1 amide bonds. The first-order valence-electron chi connectivity index (χ1n) is 7.61. The summed E-state index contributed by atoms with van der Waals surface area (Å²) in [5.74, 6) is -0.205. The normalized spacial score (nSPS) is 12.7. The smallest absolute Gasteiger partial charge is 0.414 e. The lowest BCUT2D eigenvalue weighted by Gasteiger charge is -2.12. The number of anilines is 1. The molecule has 0 fully saturated rings. The fourth-order valence-electron chi connectivity index (χ4n) is 2.02. The standard InChI is InChI=1S/C15H13F3N6O2S/c1-9(13(25)21-11-4-2-3-10(5-11)15(16,17)18)27-14-23-22-12(26-14)6-24-8-19-7-20-24/h2-5,7-9H,6H2,1H3,(H,21,25). The zero-order chi connectivity index (χ0) is 19.4. The van der Waals surface area contributed by atoms with Gasteiger partial charge in [0.05, 0.1) is 10.8 Å². The van der Waals surface area contributed by atoms with Crippen molar-refractivity contribution in [2.45, 2.75) is 30.1 Å². The topological polar surface area (TPSA) is 98.7 Å². The van der Waals surface area contributed by atoms with Gasteiger partial charge in [-0.2, -0.15) is 18.3 Å². The monoisotopic (exact) mass is 398 g/mol. The van der Waals surface area contributed by atoms with Crippen molar-refractivity contribution in [2.75, 3.05) is 5.32 Å². The summed E-state index contributed by atoms with van der Waals surface area (Å²) in [5.41, 5.74) is -0.782. The summed E-state index contributed by atoms with van der Waals surface area (Å²) in [4.78, 5) is 16.0. The minimum Gasteiger partial charge on any atom is -0.414 e. The largest absolute Gasteiger partial charge is 0.416 e. The van der Waals surface area contributed by atoms with Crippen molar-refractivity contribution >= 4 is 23.4 Å². The molecule has 0 bridgehead atoms. The molecule has 0 saturated heterocycles. The van der Waals surface area contributed by atoms with Gasteiger partial charge in [-0.25, -0.2) is 9.67 Å². The highest BCUT2D eigenvalue weighted by molar-refractivity contribution is 8.00. The van der Waals surface area contributed by atoms with E-state index in [2.05, 4.69) is 25.6 Å². The molecule has 0 aliphatic rings.